The van der Waals surface area contributed by atoms with Crippen LogP contribution in [0.4, 0.5) is 0 Å². The summed E-state index contributed by atoms with van der Waals surface area (Å²) in [4.78, 5) is 20.3. The minimum Gasteiger partial charge on any atom is -0.494 e. The van der Waals surface area contributed by atoms with E-state index in [0.29, 0.717) is 32.9 Å². The van der Waals surface area contributed by atoms with Gasteiger partial charge in [-0.3, -0.25) is 9.20 Å². The molecule has 29 heavy (non-hydrogen) atoms. The fraction of sp³-hybridized carbons (Fsp3) is 0.273. The number of rotatable bonds is 4. The number of thiazole rings is 1. The molecule has 0 radical (unpaired) electrons. The Morgan fingerprint density at radius 1 is 1.17 bits per heavy atom. The van der Waals surface area contributed by atoms with E-state index in [9.17, 15) is 4.79 Å². The van der Waals surface area contributed by atoms with Crippen molar-refractivity contribution in [2.75, 3.05) is 32.9 Å². The van der Waals surface area contributed by atoms with Gasteiger partial charge in [0.2, 0.25) is 0 Å². The minimum absolute atomic E-state index is 0.0660. The molecule has 1 aliphatic rings. The van der Waals surface area contributed by atoms with Gasteiger partial charge in [0, 0.05) is 30.4 Å². The lowest BCUT2D eigenvalue weighted by Gasteiger charge is -2.26. The number of carbonyl (C=O) groups excluding carboxylic acids is 1. The highest BCUT2D eigenvalue weighted by molar-refractivity contribution is 7.23. The van der Waals surface area contributed by atoms with Gasteiger partial charge in [-0.1, -0.05) is 11.3 Å². The Hall–Kier alpha value is -2.90. The van der Waals surface area contributed by atoms with E-state index < -0.39 is 0 Å². The zero-order chi connectivity index (χ0) is 19.8. The van der Waals surface area contributed by atoms with E-state index in [0.717, 1.165) is 37.7 Å². The summed E-state index contributed by atoms with van der Waals surface area (Å²) in [5.74, 6) is 0.927. The molecule has 1 aliphatic heterocycles. The number of imidazole rings is 1. The van der Waals surface area contributed by atoms with E-state index in [1.807, 2.05) is 60.5 Å². The summed E-state index contributed by atoms with van der Waals surface area (Å²) in [6.45, 7) is 5.14. The molecule has 5 rings (SSSR count). The quantitative estimate of drug-likeness (QED) is 0.511. The molecule has 2 aromatic carbocycles. The minimum atomic E-state index is 0.0660. The summed E-state index contributed by atoms with van der Waals surface area (Å²) in [6, 6.07) is 13.9. The molecular weight excluding hydrogens is 386 g/mol. The van der Waals surface area contributed by atoms with Gasteiger partial charge in [0.25, 0.3) is 5.91 Å². The van der Waals surface area contributed by atoms with Gasteiger partial charge in [-0.05, 0) is 49.4 Å². The van der Waals surface area contributed by atoms with Gasteiger partial charge in [-0.15, -0.1) is 0 Å². The summed E-state index contributed by atoms with van der Waals surface area (Å²) in [7, 11) is 0. The van der Waals surface area contributed by atoms with E-state index >= 15 is 0 Å². The van der Waals surface area contributed by atoms with Crippen LogP contribution < -0.4 is 4.74 Å². The number of ether oxygens (including phenoxy) is 2. The number of amides is 1. The van der Waals surface area contributed by atoms with Gasteiger partial charge in [0.05, 0.1) is 35.7 Å². The molecule has 1 amide bonds. The van der Waals surface area contributed by atoms with Crippen molar-refractivity contribution in [1.29, 1.82) is 0 Å². The average molecular weight is 407 g/mol. The van der Waals surface area contributed by atoms with Crippen LogP contribution in [-0.2, 0) is 4.74 Å². The maximum absolute atomic E-state index is 12.8. The van der Waals surface area contributed by atoms with Crippen molar-refractivity contribution in [3.63, 3.8) is 0 Å². The highest BCUT2D eigenvalue weighted by Gasteiger charge is 2.19. The van der Waals surface area contributed by atoms with Crippen LogP contribution in [0.1, 0.15) is 17.3 Å². The Kier molecular flexibility index (Phi) is 4.69. The van der Waals surface area contributed by atoms with Crippen LogP contribution in [0.3, 0.4) is 0 Å². The Morgan fingerprint density at radius 3 is 2.72 bits per heavy atom. The molecule has 1 saturated heterocycles. The maximum Gasteiger partial charge on any atom is 0.254 e. The van der Waals surface area contributed by atoms with Crippen LogP contribution in [0.15, 0.2) is 48.7 Å². The third-order valence-electron chi connectivity index (χ3n) is 5.10. The zero-order valence-corrected chi connectivity index (χ0v) is 16.9. The first-order chi connectivity index (χ1) is 14.2. The predicted molar refractivity (Wildman–Crippen MR) is 114 cm³/mol. The van der Waals surface area contributed by atoms with Crippen LogP contribution in [0.25, 0.3) is 26.4 Å². The number of nitrogens with zero attached hydrogens (tertiary/aromatic N) is 3. The lowest BCUT2D eigenvalue weighted by Crippen LogP contribution is -2.40. The van der Waals surface area contributed by atoms with Crippen LogP contribution >= 0.6 is 11.3 Å². The van der Waals surface area contributed by atoms with Gasteiger partial charge in [0.1, 0.15) is 5.75 Å². The monoisotopic (exact) mass is 407 g/mol. The molecular formula is C22H21N3O3S. The number of carbonyl (C=O) groups is 1. The molecule has 0 N–H and O–H groups in total. The first-order valence-corrected chi connectivity index (χ1v) is 10.6. The van der Waals surface area contributed by atoms with Gasteiger partial charge in [0.15, 0.2) is 4.96 Å². The van der Waals surface area contributed by atoms with Gasteiger partial charge in [-0.2, -0.15) is 0 Å². The average Bonchev–Trinajstić information content (AvgIpc) is 3.32. The molecule has 0 saturated carbocycles. The van der Waals surface area contributed by atoms with E-state index in [2.05, 4.69) is 4.40 Å². The summed E-state index contributed by atoms with van der Waals surface area (Å²) in [5, 5.41) is 0. The maximum atomic E-state index is 12.8. The highest BCUT2D eigenvalue weighted by atomic mass is 32.1. The fourth-order valence-corrected chi connectivity index (χ4v) is 4.66. The van der Waals surface area contributed by atoms with Crippen LogP contribution in [-0.4, -0.2) is 53.1 Å². The Labute approximate surface area is 172 Å². The number of hydrogen-bond acceptors (Lipinski definition) is 5. The summed E-state index contributed by atoms with van der Waals surface area (Å²) in [5.41, 5.74) is 3.76. The second kappa shape index (κ2) is 7.50. The van der Waals surface area contributed by atoms with Crippen LogP contribution in [0.5, 0.6) is 5.75 Å². The predicted octanol–water partition coefficient (Wildman–Crippen LogP) is 4.09. The first-order valence-electron chi connectivity index (χ1n) is 9.75. The molecule has 0 unspecified atom stereocenters. The normalized spacial score (nSPS) is 14.6. The first kappa shape index (κ1) is 18.1. The SMILES string of the molecule is CCOc1ccc(-c2cn3c(n2)sc2cc(C(=O)N4CCOCC4)ccc23)cc1. The lowest BCUT2D eigenvalue weighted by molar-refractivity contribution is 0.0303. The van der Waals surface area contributed by atoms with Crippen molar-refractivity contribution in [3.05, 3.63) is 54.2 Å². The number of hydrogen-bond donors (Lipinski definition) is 0. The van der Waals surface area contributed by atoms with Gasteiger partial charge < -0.3 is 14.4 Å². The molecule has 0 atom stereocenters. The van der Waals surface area contributed by atoms with Crippen molar-refractivity contribution in [2.24, 2.45) is 0 Å². The molecule has 3 heterocycles. The van der Waals surface area contributed by atoms with E-state index in [1.165, 1.54) is 0 Å². The van der Waals surface area contributed by atoms with Gasteiger partial charge in [-0.25, -0.2) is 4.98 Å². The van der Waals surface area contributed by atoms with Crippen molar-refractivity contribution < 1.29 is 14.3 Å². The molecule has 7 heteroatoms. The largest absolute Gasteiger partial charge is 0.494 e. The topological polar surface area (TPSA) is 56.1 Å². The van der Waals surface area contributed by atoms with Crippen LogP contribution in [0.2, 0.25) is 0 Å². The third-order valence-corrected chi connectivity index (χ3v) is 6.12. The summed E-state index contributed by atoms with van der Waals surface area (Å²) < 4.78 is 14.0. The van der Waals surface area contributed by atoms with Crippen molar-refractivity contribution in [2.45, 2.75) is 6.92 Å². The lowest BCUT2D eigenvalue weighted by atomic mass is 10.1. The number of fused-ring (bicyclic) bond motifs is 3. The molecule has 0 spiro atoms. The van der Waals surface area contributed by atoms with E-state index in [1.54, 1.807) is 11.3 Å². The van der Waals surface area contributed by atoms with Gasteiger partial charge >= 0.3 is 0 Å². The zero-order valence-electron chi connectivity index (χ0n) is 16.1. The van der Waals surface area contributed by atoms with E-state index in [-0.39, 0.29) is 5.91 Å². The number of benzene rings is 2. The molecule has 1 fully saturated rings. The Balaban J connectivity index is 1.45. The Morgan fingerprint density at radius 2 is 1.97 bits per heavy atom. The smallest absolute Gasteiger partial charge is 0.254 e. The van der Waals surface area contributed by atoms with Crippen molar-refractivity contribution in [1.82, 2.24) is 14.3 Å². The third kappa shape index (κ3) is 3.36. The van der Waals surface area contributed by atoms with Crippen molar-refractivity contribution >= 4 is 32.4 Å². The standard InChI is InChI=1S/C22H21N3O3S/c1-2-28-17-6-3-15(4-7-17)18-14-25-19-8-5-16(13-20(19)29-22(25)23-18)21(26)24-9-11-27-12-10-24/h3-8,13-14H,2,9-12H2,1H3. The van der Waals surface area contributed by atoms with Crippen molar-refractivity contribution in [3.8, 4) is 17.0 Å². The molecule has 148 valence electrons. The molecule has 2 aromatic heterocycles. The molecule has 0 bridgehead atoms. The summed E-state index contributed by atoms with van der Waals surface area (Å²) >= 11 is 1.60. The molecule has 4 aromatic rings. The second-order valence-electron chi connectivity index (χ2n) is 6.93. The number of aromatic nitrogens is 2. The summed E-state index contributed by atoms with van der Waals surface area (Å²) in [6.07, 6.45) is 2.05. The molecule has 0 aliphatic carbocycles. The van der Waals surface area contributed by atoms with Crippen LogP contribution in [0, 0.1) is 0 Å². The fourth-order valence-electron chi connectivity index (χ4n) is 3.61. The van der Waals surface area contributed by atoms with E-state index in [4.69, 9.17) is 14.5 Å². The highest BCUT2D eigenvalue weighted by Crippen LogP contribution is 2.31. The number of morpholine rings is 1. The Bertz CT molecular complexity index is 1170. The molecule has 6 nitrogen and oxygen atoms in total. The second-order valence-corrected chi connectivity index (χ2v) is 7.93.